The van der Waals surface area contributed by atoms with Gasteiger partial charge >= 0.3 is 0 Å². The molecule has 0 radical (unpaired) electrons. The van der Waals surface area contributed by atoms with E-state index in [1.807, 2.05) is 0 Å². The maximum absolute atomic E-state index is 12.8. The lowest BCUT2D eigenvalue weighted by Gasteiger charge is -2.16. The van der Waals surface area contributed by atoms with Gasteiger partial charge in [0.2, 0.25) is 0 Å². The van der Waals surface area contributed by atoms with Crippen LogP contribution in [0.25, 0.3) is 0 Å². The van der Waals surface area contributed by atoms with E-state index in [0.717, 1.165) is 25.1 Å². The average molecular weight is 181 g/mol. The van der Waals surface area contributed by atoms with Gasteiger partial charge in [-0.2, -0.15) is 0 Å². The highest BCUT2D eigenvalue weighted by molar-refractivity contribution is 5.56. The van der Waals surface area contributed by atoms with E-state index in [-0.39, 0.29) is 5.82 Å². The Hall–Kier alpha value is -1.25. The predicted molar refractivity (Wildman–Crippen MR) is 49.6 cm³/mol. The van der Waals surface area contributed by atoms with Crippen molar-refractivity contribution in [3.63, 3.8) is 0 Å². The molecule has 0 saturated heterocycles. The Morgan fingerprint density at radius 3 is 3.15 bits per heavy atom. The highest BCUT2D eigenvalue weighted by atomic mass is 19.1. The molecule has 0 spiro atoms. The molecule has 3 heteroatoms. The highest BCUT2D eigenvalue weighted by Gasteiger charge is 2.07. The van der Waals surface area contributed by atoms with Crippen molar-refractivity contribution >= 4 is 5.69 Å². The summed E-state index contributed by atoms with van der Waals surface area (Å²) >= 11 is 0. The van der Waals surface area contributed by atoms with E-state index in [1.54, 1.807) is 6.07 Å². The van der Waals surface area contributed by atoms with E-state index in [0.29, 0.717) is 12.4 Å². The summed E-state index contributed by atoms with van der Waals surface area (Å²) in [6.07, 6.45) is 2.11. The number of rotatable bonds is 0. The van der Waals surface area contributed by atoms with Gasteiger partial charge in [0.15, 0.2) is 0 Å². The van der Waals surface area contributed by atoms with Crippen molar-refractivity contribution in [3.8, 4) is 5.75 Å². The molecule has 1 heterocycles. The monoisotopic (exact) mass is 181 g/mol. The van der Waals surface area contributed by atoms with Gasteiger partial charge in [-0.15, -0.1) is 0 Å². The van der Waals surface area contributed by atoms with Crippen molar-refractivity contribution < 1.29 is 9.13 Å². The number of nitrogens with one attached hydrogen (secondary N) is 1. The van der Waals surface area contributed by atoms with Crippen LogP contribution in [0.1, 0.15) is 12.8 Å². The molecule has 70 valence electrons. The molecule has 0 saturated carbocycles. The molecule has 1 N–H and O–H groups in total. The first-order valence-electron chi connectivity index (χ1n) is 4.52. The topological polar surface area (TPSA) is 21.3 Å². The third kappa shape index (κ3) is 1.91. The Morgan fingerprint density at radius 2 is 2.23 bits per heavy atom. The summed E-state index contributed by atoms with van der Waals surface area (Å²) in [4.78, 5) is 0. The molecule has 0 bridgehead atoms. The molecule has 0 amide bonds. The molecule has 1 aromatic rings. The molecule has 2 nitrogen and oxygen atoms in total. The quantitative estimate of drug-likeness (QED) is 0.663. The van der Waals surface area contributed by atoms with Crippen LogP contribution in [0.3, 0.4) is 0 Å². The van der Waals surface area contributed by atoms with Crippen LogP contribution in [0.15, 0.2) is 18.2 Å². The Bertz CT molecular complexity index is 301. The van der Waals surface area contributed by atoms with E-state index in [1.165, 1.54) is 12.1 Å². The van der Waals surface area contributed by atoms with Crippen molar-refractivity contribution in [2.75, 3.05) is 18.5 Å². The largest absolute Gasteiger partial charge is 0.491 e. The van der Waals surface area contributed by atoms with E-state index in [9.17, 15) is 4.39 Å². The summed E-state index contributed by atoms with van der Waals surface area (Å²) in [7, 11) is 0. The van der Waals surface area contributed by atoms with Crippen LogP contribution in [-0.2, 0) is 0 Å². The van der Waals surface area contributed by atoms with Gasteiger partial charge in [-0.1, -0.05) is 0 Å². The lowest BCUT2D eigenvalue weighted by atomic mass is 10.2. The zero-order valence-corrected chi connectivity index (χ0v) is 7.35. The van der Waals surface area contributed by atoms with Crippen molar-refractivity contribution in [2.45, 2.75) is 12.8 Å². The first-order valence-corrected chi connectivity index (χ1v) is 4.52. The fourth-order valence-corrected chi connectivity index (χ4v) is 1.39. The number of halogens is 1. The molecular weight excluding hydrogens is 169 g/mol. The fourth-order valence-electron chi connectivity index (χ4n) is 1.39. The summed E-state index contributed by atoms with van der Waals surface area (Å²) in [5.74, 6) is 0.376. The molecule has 1 aliphatic heterocycles. The molecule has 2 rings (SSSR count). The SMILES string of the molecule is Fc1ccc2c(c1)OCCCCN2. The lowest BCUT2D eigenvalue weighted by Crippen LogP contribution is -2.10. The Balaban J connectivity index is 2.28. The summed E-state index contributed by atoms with van der Waals surface area (Å²) in [5.41, 5.74) is 0.890. The number of ether oxygens (including phenoxy) is 1. The fraction of sp³-hybridized carbons (Fsp3) is 0.400. The van der Waals surface area contributed by atoms with Crippen LogP contribution in [-0.4, -0.2) is 13.2 Å². The second kappa shape index (κ2) is 3.64. The summed E-state index contributed by atoms with van der Waals surface area (Å²) < 4.78 is 18.2. The first-order chi connectivity index (χ1) is 6.36. The van der Waals surface area contributed by atoms with Gasteiger partial charge in [-0.25, -0.2) is 4.39 Å². The summed E-state index contributed by atoms with van der Waals surface area (Å²) in [6, 6.07) is 4.58. The van der Waals surface area contributed by atoms with Crippen LogP contribution in [0.2, 0.25) is 0 Å². The second-order valence-corrected chi connectivity index (χ2v) is 3.12. The Labute approximate surface area is 76.7 Å². The molecular formula is C10H12FNO. The van der Waals surface area contributed by atoms with E-state index < -0.39 is 0 Å². The van der Waals surface area contributed by atoms with Gasteiger partial charge in [0.1, 0.15) is 11.6 Å². The molecule has 1 aliphatic rings. The predicted octanol–water partition coefficient (Wildman–Crippen LogP) is 2.41. The van der Waals surface area contributed by atoms with Crippen molar-refractivity contribution in [2.24, 2.45) is 0 Å². The van der Waals surface area contributed by atoms with Crippen LogP contribution in [0.4, 0.5) is 10.1 Å². The van der Waals surface area contributed by atoms with Crippen molar-refractivity contribution in [1.82, 2.24) is 0 Å². The van der Waals surface area contributed by atoms with E-state index >= 15 is 0 Å². The normalized spacial score (nSPS) is 16.1. The molecule has 0 aliphatic carbocycles. The van der Waals surface area contributed by atoms with Crippen LogP contribution < -0.4 is 10.1 Å². The van der Waals surface area contributed by atoms with Gasteiger partial charge in [-0.05, 0) is 25.0 Å². The van der Waals surface area contributed by atoms with Gasteiger partial charge < -0.3 is 10.1 Å². The molecule has 1 aromatic carbocycles. The van der Waals surface area contributed by atoms with Crippen molar-refractivity contribution in [1.29, 1.82) is 0 Å². The molecule has 0 aromatic heterocycles. The number of benzene rings is 1. The first kappa shape index (κ1) is 8.35. The summed E-state index contributed by atoms with van der Waals surface area (Å²) in [6.45, 7) is 1.61. The minimum atomic E-state index is -0.249. The maximum atomic E-state index is 12.8. The Kier molecular flexibility index (Phi) is 2.34. The van der Waals surface area contributed by atoms with Crippen molar-refractivity contribution in [3.05, 3.63) is 24.0 Å². The second-order valence-electron chi connectivity index (χ2n) is 3.12. The zero-order valence-electron chi connectivity index (χ0n) is 7.35. The number of fused-ring (bicyclic) bond motifs is 1. The zero-order chi connectivity index (χ0) is 9.10. The van der Waals surface area contributed by atoms with Gasteiger partial charge in [0.25, 0.3) is 0 Å². The minimum Gasteiger partial charge on any atom is -0.491 e. The third-order valence-electron chi connectivity index (χ3n) is 2.09. The van der Waals surface area contributed by atoms with Gasteiger partial charge in [-0.3, -0.25) is 0 Å². The lowest BCUT2D eigenvalue weighted by molar-refractivity contribution is 0.304. The molecule has 0 atom stereocenters. The highest BCUT2D eigenvalue weighted by Crippen LogP contribution is 2.26. The standard InChI is InChI=1S/C10H12FNO/c11-8-3-4-9-10(7-8)13-6-2-1-5-12-9/h3-4,7,12H,1-2,5-6H2. The average Bonchev–Trinajstić information content (AvgIpc) is 2.08. The van der Waals surface area contributed by atoms with Crippen LogP contribution in [0.5, 0.6) is 5.75 Å². The van der Waals surface area contributed by atoms with E-state index in [4.69, 9.17) is 4.74 Å². The number of hydrogen-bond acceptors (Lipinski definition) is 2. The van der Waals surface area contributed by atoms with Gasteiger partial charge in [0.05, 0.1) is 12.3 Å². The van der Waals surface area contributed by atoms with Crippen LogP contribution >= 0.6 is 0 Å². The van der Waals surface area contributed by atoms with Gasteiger partial charge in [0, 0.05) is 12.6 Å². The maximum Gasteiger partial charge on any atom is 0.145 e. The molecule has 0 unspecified atom stereocenters. The number of anilines is 1. The minimum absolute atomic E-state index is 0.249. The van der Waals surface area contributed by atoms with Crippen LogP contribution in [0, 0.1) is 5.82 Å². The summed E-state index contributed by atoms with van der Waals surface area (Å²) in [5, 5.41) is 3.20. The number of hydrogen-bond donors (Lipinski definition) is 1. The molecule has 0 fully saturated rings. The smallest absolute Gasteiger partial charge is 0.145 e. The van der Waals surface area contributed by atoms with E-state index in [2.05, 4.69) is 5.32 Å². The third-order valence-corrected chi connectivity index (χ3v) is 2.09. The molecule has 13 heavy (non-hydrogen) atoms. The Morgan fingerprint density at radius 1 is 1.31 bits per heavy atom.